The van der Waals surface area contributed by atoms with Gasteiger partial charge in [0.05, 0.1) is 25.1 Å². The minimum atomic E-state index is -0.218. The molecular weight excluding hydrogens is 206 g/mol. The van der Waals surface area contributed by atoms with Gasteiger partial charge in [0.25, 0.3) is 0 Å². The van der Waals surface area contributed by atoms with E-state index in [2.05, 4.69) is 10.2 Å². The molecule has 2 aromatic rings. The molecule has 0 saturated carbocycles. The van der Waals surface area contributed by atoms with Gasteiger partial charge in [0.15, 0.2) is 0 Å². The normalized spacial score (nSPS) is 12.4. The van der Waals surface area contributed by atoms with Crippen LogP contribution in [0.1, 0.15) is 17.5 Å². The number of hydrogen-bond donors (Lipinski definition) is 1. The van der Waals surface area contributed by atoms with Crippen LogP contribution in [0.4, 0.5) is 0 Å². The fourth-order valence-corrected chi connectivity index (χ4v) is 1.39. The minimum Gasteiger partial charge on any atom is -0.480 e. The first-order chi connectivity index (χ1) is 7.79. The Hall–Kier alpha value is -1.88. The number of aromatic nitrogens is 2. The standard InChI is InChI=1S/C11H13N3O2/c1-15-11-5-4-10(13-14-11)9(12)7-8-3-2-6-16-8/h2-6,9H,7,12H2,1H3. The number of rotatable bonds is 4. The zero-order valence-corrected chi connectivity index (χ0v) is 8.96. The smallest absolute Gasteiger partial charge is 0.233 e. The topological polar surface area (TPSA) is 74.2 Å². The van der Waals surface area contributed by atoms with Crippen LogP contribution in [-0.4, -0.2) is 17.3 Å². The highest BCUT2D eigenvalue weighted by atomic mass is 16.5. The van der Waals surface area contributed by atoms with E-state index >= 15 is 0 Å². The van der Waals surface area contributed by atoms with E-state index in [0.717, 1.165) is 11.5 Å². The summed E-state index contributed by atoms with van der Waals surface area (Å²) in [5.74, 6) is 1.32. The Kier molecular flexibility index (Phi) is 3.16. The van der Waals surface area contributed by atoms with Gasteiger partial charge < -0.3 is 14.9 Å². The predicted molar refractivity (Wildman–Crippen MR) is 57.9 cm³/mol. The molecule has 0 aromatic carbocycles. The van der Waals surface area contributed by atoms with E-state index in [1.165, 1.54) is 0 Å². The van der Waals surface area contributed by atoms with Gasteiger partial charge in [-0.05, 0) is 18.2 Å². The quantitative estimate of drug-likeness (QED) is 0.839. The molecular formula is C11H13N3O2. The number of hydrogen-bond acceptors (Lipinski definition) is 5. The van der Waals surface area contributed by atoms with E-state index in [1.54, 1.807) is 25.5 Å². The van der Waals surface area contributed by atoms with Crippen molar-refractivity contribution in [1.29, 1.82) is 0 Å². The number of nitrogens with zero attached hydrogens (tertiary/aromatic N) is 2. The first kappa shape index (κ1) is 10.6. The van der Waals surface area contributed by atoms with Crippen LogP contribution < -0.4 is 10.5 Å². The second kappa shape index (κ2) is 4.76. The van der Waals surface area contributed by atoms with Crippen LogP contribution in [0.2, 0.25) is 0 Å². The van der Waals surface area contributed by atoms with Crippen molar-refractivity contribution in [1.82, 2.24) is 10.2 Å². The van der Waals surface area contributed by atoms with Gasteiger partial charge in [0.1, 0.15) is 5.76 Å². The van der Waals surface area contributed by atoms with Gasteiger partial charge in [-0.2, -0.15) is 5.10 Å². The zero-order valence-electron chi connectivity index (χ0n) is 8.96. The monoisotopic (exact) mass is 219 g/mol. The number of methoxy groups -OCH3 is 1. The highest BCUT2D eigenvalue weighted by Gasteiger charge is 2.10. The molecule has 0 aliphatic carbocycles. The number of furan rings is 1. The van der Waals surface area contributed by atoms with Crippen molar-refractivity contribution in [2.75, 3.05) is 7.11 Å². The maximum atomic E-state index is 5.97. The largest absolute Gasteiger partial charge is 0.480 e. The van der Waals surface area contributed by atoms with Crippen LogP contribution in [-0.2, 0) is 6.42 Å². The Morgan fingerprint density at radius 2 is 2.25 bits per heavy atom. The van der Waals surface area contributed by atoms with E-state index in [4.69, 9.17) is 14.9 Å². The third-order valence-corrected chi connectivity index (χ3v) is 2.25. The lowest BCUT2D eigenvalue weighted by molar-refractivity contribution is 0.390. The molecule has 0 aliphatic rings. The maximum Gasteiger partial charge on any atom is 0.233 e. The summed E-state index contributed by atoms with van der Waals surface area (Å²) in [5.41, 5.74) is 6.69. The minimum absolute atomic E-state index is 0.218. The van der Waals surface area contributed by atoms with Crippen LogP contribution in [0.25, 0.3) is 0 Å². The van der Waals surface area contributed by atoms with Crippen LogP contribution >= 0.6 is 0 Å². The van der Waals surface area contributed by atoms with Crippen molar-refractivity contribution in [3.8, 4) is 5.88 Å². The average Bonchev–Trinajstić information content (AvgIpc) is 2.82. The lowest BCUT2D eigenvalue weighted by Crippen LogP contribution is -2.15. The summed E-state index contributed by atoms with van der Waals surface area (Å²) in [4.78, 5) is 0. The van der Waals surface area contributed by atoms with E-state index in [0.29, 0.717) is 12.3 Å². The average molecular weight is 219 g/mol. The first-order valence-electron chi connectivity index (χ1n) is 4.95. The van der Waals surface area contributed by atoms with Crippen LogP contribution in [0.15, 0.2) is 34.9 Å². The second-order valence-electron chi connectivity index (χ2n) is 3.39. The summed E-state index contributed by atoms with van der Waals surface area (Å²) in [7, 11) is 1.55. The lowest BCUT2D eigenvalue weighted by Gasteiger charge is -2.08. The van der Waals surface area contributed by atoms with Crippen molar-refractivity contribution < 1.29 is 9.15 Å². The highest BCUT2D eigenvalue weighted by molar-refractivity contribution is 5.15. The molecule has 5 nitrogen and oxygen atoms in total. The maximum absolute atomic E-state index is 5.97. The zero-order chi connectivity index (χ0) is 11.4. The molecule has 0 bridgehead atoms. The van der Waals surface area contributed by atoms with Gasteiger partial charge in [-0.3, -0.25) is 0 Å². The fraction of sp³-hybridized carbons (Fsp3) is 0.273. The van der Waals surface area contributed by atoms with Gasteiger partial charge in [-0.1, -0.05) is 0 Å². The summed E-state index contributed by atoms with van der Waals surface area (Å²) in [6.45, 7) is 0. The van der Waals surface area contributed by atoms with Crippen molar-refractivity contribution in [2.24, 2.45) is 5.73 Å². The van der Waals surface area contributed by atoms with Gasteiger partial charge in [0, 0.05) is 12.5 Å². The van der Waals surface area contributed by atoms with E-state index in [1.807, 2.05) is 12.1 Å². The molecule has 0 radical (unpaired) electrons. The first-order valence-corrected chi connectivity index (χ1v) is 4.95. The summed E-state index contributed by atoms with van der Waals surface area (Å²) >= 11 is 0. The van der Waals surface area contributed by atoms with Gasteiger partial charge in [-0.15, -0.1) is 5.10 Å². The molecule has 2 rings (SSSR count). The molecule has 2 heterocycles. The molecule has 0 aliphatic heterocycles. The molecule has 16 heavy (non-hydrogen) atoms. The fourth-order valence-electron chi connectivity index (χ4n) is 1.39. The van der Waals surface area contributed by atoms with E-state index in [-0.39, 0.29) is 6.04 Å². The van der Waals surface area contributed by atoms with Gasteiger partial charge in [0.2, 0.25) is 5.88 Å². The van der Waals surface area contributed by atoms with E-state index < -0.39 is 0 Å². The third-order valence-electron chi connectivity index (χ3n) is 2.25. The van der Waals surface area contributed by atoms with Crippen molar-refractivity contribution in [2.45, 2.75) is 12.5 Å². The highest BCUT2D eigenvalue weighted by Crippen LogP contribution is 2.15. The Morgan fingerprint density at radius 1 is 1.38 bits per heavy atom. The van der Waals surface area contributed by atoms with Crippen LogP contribution in [0.5, 0.6) is 5.88 Å². The predicted octanol–water partition coefficient (Wildman–Crippen LogP) is 1.32. The Bertz CT molecular complexity index is 425. The van der Waals surface area contributed by atoms with Crippen molar-refractivity contribution in [3.05, 3.63) is 42.0 Å². The molecule has 2 N–H and O–H groups in total. The SMILES string of the molecule is COc1ccc(C(N)Cc2ccco2)nn1. The molecule has 1 atom stereocenters. The molecule has 2 aromatic heterocycles. The third kappa shape index (κ3) is 2.38. The molecule has 0 fully saturated rings. The summed E-state index contributed by atoms with van der Waals surface area (Å²) < 4.78 is 10.1. The van der Waals surface area contributed by atoms with Crippen molar-refractivity contribution in [3.63, 3.8) is 0 Å². The summed E-state index contributed by atoms with van der Waals surface area (Å²) in [6.07, 6.45) is 2.23. The second-order valence-corrected chi connectivity index (χ2v) is 3.39. The Balaban J connectivity index is 2.05. The van der Waals surface area contributed by atoms with Crippen LogP contribution in [0, 0.1) is 0 Å². The Morgan fingerprint density at radius 3 is 2.81 bits per heavy atom. The molecule has 0 amide bonds. The molecule has 1 unspecified atom stereocenters. The number of nitrogens with two attached hydrogens (primary N) is 1. The van der Waals surface area contributed by atoms with Gasteiger partial charge >= 0.3 is 0 Å². The lowest BCUT2D eigenvalue weighted by atomic mass is 10.1. The van der Waals surface area contributed by atoms with Gasteiger partial charge in [-0.25, -0.2) is 0 Å². The number of ether oxygens (including phenoxy) is 1. The summed E-state index contributed by atoms with van der Waals surface area (Å²) in [5, 5.41) is 7.85. The molecule has 84 valence electrons. The van der Waals surface area contributed by atoms with Crippen LogP contribution in [0.3, 0.4) is 0 Å². The molecule has 0 saturated heterocycles. The molecule has 0 spiro atoms. The summed E-state index contributed by atoms with van der Waals surface area (Å²) in [6, 6.07) is 7.05. The van der Waals surface area contributed by atoms with Crippen molar-refractivity contribution >= 4 is 0 Å². The van der Waals surface area contributed by atoms with E-state index in [9.17, 15) is 0 Å². The Labute approximate surface area is 93.2 Å². The molecule has 5 heteroatoms.